The number of aldehydes is 1. The number of aromatic nitrogens is 3. The average Bonchev–Trinajstić information content (AvgIpc) is 2.96. The van der Waals surface area contributed by atoms with Crippen molar-refractivity contribution in [3.05, 3.63) is 23.0 Å². The summed E-state index contributed by atoms with van der Waals surface area (Å²) in [5.41, 5.74) is 2.21. The number of imidazole rings is 1. The van der Waals surface area contributed by atoms with Gasteiger partial charge < -0.3 is 9.78 Å². The maximum Gasteiger partial charge on any atom is 0.167 e. The number of nitrogens with zero attached hydrogens (tertiary/aromatic N) is 2. The third kappa shape index (κ3) is 1.57. The molecule has 0 spiro atoms. The van der Waals surface area contributed by atoms with Crippen molar-refractivity contribution in [1.29, 1.82) is 0 Å². The molecule has 2 heterocycles. The molecule has 82 valence electrons. The zero-order chi connectivity index (χ0) is 11.0. The molecule has 5 heteroatoms. The number of hydrogen-bond donors (Lipinski definition) is 1. The molecular formula is C11H11N3OS. The second-order valence-corrected chi connectivity index (χ2v) is 4.88. The van der Waals surface area contributed by atoms with E-state index in [2.05, 4.69) is 15.0 Å². The van der Waals surface area contributed by atoms with Crippen LogP contribution in [0.3, 0.4) is 0 Å². The summed E-state index contributed by atoms with van der Waals surface area (Å²) in [6.07, 6.45) is 5.42. The standard InChI is InChI=1S/C11H11N3OS/c15-6-7-1-2-8-9(5-7)14-10(13-8)11-12-3-4-16-11/h3-4,6-7H,1-2,5H2,(H,13,14). The molecule has 2 aromatic heterocycles. The summed E-state index contributed by atoms with van der Waals surface area (Å²) in [6, 6.07) is 0. The molecule has 0 aromatic carbocycles. The Hall–Kier alpha value is -1.49. The summed E-state index contributed by atoms with van der Waals surface area (Å²) in [4.78, 5) is 22.8. The SMILES string of the molecule is O=CC1CCc2nc(-c3nccs3)[nH]c2C1. The van der Waals surface area contributed by atoms with E-state index in [-0.39, 0.29) is 5.92 Å². The van der Waals surface area contributed by atoms with Crippen molar-refractivity contribution in [3.63, 3.8) is 0 Å². The first-order valence-electron chi connectivity index (χ1n) is 5.29. The lowest BCUT2D eigenvalue weighted by molar-refractivity contribution is -0.111. The molecule has 0 fully saturated rings. The van der Waals surface area contributed by atoms with E-state index in [0.717, 1.165) is 47.8 Å². The van der Waals surface area contributed by atoms with Crippen molar-refractivity contribution in [2.75, 3.05) is 0 Å². The Morgan fingerprint density at radius 1 is 1.56 bits per heavy atom. The predicted octanol–water partition coefficient (Wildman–Crippen LogP) is 1.84. The third-order valence-corrected chi connectivity index (χ3v) is 3.69. The number of thiazole rings is 1. The molecule has 0 bridgehead atoms. The van der Waals surface area contributed by atoms with Crippen LogP contribution in [0, 0.1) is 5.92 Å². The van der Waals surface area contributed by atoms with Gasteiger partial charge in [-0.25, -0.2) is 9.97 Å². The van der Waals surface area contributed by atoms with E-state index in [0.29, 0.717) is 0 Å². The fraction of sp³-hybridized carbons (Fsp3) is 0.364. The van der Waals surface area contributed by atoms with Gasteiger partial charge in [0, 0.05) is 23.2 Å². The Balaban J connectivity index is 1.95. The first kappa shape index (κ1) is 9.72. The quantitative estimate of drug-likeness (QED) is 0.805. The van der Waals surface area contributed by atoms with Gasteiger partial charge in [-0.3, -0.25) is 0 Å². The first-order valence-corrected chi connectivity index (χ1v) is 6.17. The van der Waals surface area contributed by atoms with Crippen LogP contribution in [-0.2, 0) is 17.6 Å². The van der Waals surface area contributed by atoms with Crippen LogP contribution >= 0.6 is 11.3 Å². The molecule has 1 aliphatic carbocycles. The normalized spacial score (nSPS) is 19.4. The van der Waals surface area contributed by atoms with Crippen LogP contribution in [0.25, 0.3) is 10.8 Å². The molecule has 3 rings (SSSR count). The molecule has 0 saturated carbocycles. The Kier molecular flexibility index (Phi) is 2.32. The van der Waals surface area contributed by atoms with Crippen LogP contribution in [-0.4, -0.2) is 21.2 Å². The molecule has 1 aliphatic rings. The van der Waals surface area contributed by atoms with Crippen molar-refractivity contribution < 1.29 is 4.79 Å². The van der Waals surface area contributed by atoms with Gasteiger partial charge in [0.05, 0.1) is 5.69 Å². The van der Waals surface area contributed by atoms with Gasteiger partial charge in [0.25, 0.3) is 0 Å². The van der Waals surface area contributed by atoms with Crippen LogP contribution in [0.1, 0.15) is 17.8 Å². The van der Waals surface area contributed by atoms with Gasteiger partial charge in [-0.1, -0.05) is 0 Å². The molecule has 2 aromatic rings. The fourth-order valence-corrected chi connectivity index (χ4v) is 2.65. The largest absolute Gasteiger partial charge is 0.340 e. The minimum atomic E-state index is 0.150. The fourth-order valence-electron chi connectivity index (χ4n) is 2.07. The minimum Gasteiger partial charge on any atom is -0.340 e. The number of carbonyl (C=O) groups is 1. The highest BCUT2D eigenvalue weighted by Gasteiger charge is 2.22. The summed E-state index contributed by atoms with van der Waals surface area (Å²) in [6.45, 7) is 0. The maximum absolute atomic E-state index is 10.8. The van der Waals surface area contributed by atoms with Crippen molar-refractivity contribution >= 4 is 17.6 Å². The van der Waals surface area contributed by atoms with Crippen LogP contribution in [0.2, 0.25) is 0 Å². The van der Waals surface area contributed by atoms with Gasteiger partial charge in [0.1, 0.15) is 6.29 Å². The van der Waals surface area contributed by atoms with Gasteiger partial charge in [0.15, 0.2) is 10.8 Å². The van der Waals surface area contributed by atoms with E-state index in [1.54, 1.807) is 17.5 Å². The molecule has 1 unspecified atom stereocenters. The number of nitrogens with one attached hydrogen (secondary N) is 1. The van der Waals surface area contributed by atoms with Crippen molar-refractivity contribution in [3.8, 4) is 10.8 Å². The zero-order valence-electron chi connectivity index (χ0n) is 8.64. The summed E-state index contributed by atoms with van der Waals surface area (Å²) in [5.74, 6) is 0.989. The third-order valence-electron chi connectivity index (χ3n) is 2.91. The lowest BCUT2D eigenvalue weighted by atomic mass is 9.91. The summed E-state index contributed by atoms with van der Waals surface area (Å²) in [7, 11) is 0. The van der Waals surface area contributed by atoms with Crippen LogP contribution in [0.15, 0.2) is 11.6 Å². The van der Waals surface area contributed by atoms with Crippen molar-refractivity contribution in [2.45, 2.75) is 19.3 Å². The highest BCUT2D eigenvalue weighted by atomic mass is 32.1. The number of H-pyrrole nitrogens is 1. The van der Waals surface area contributed by atoms with Crippen LogP contribution < -0.4 is 0 Å². The molecule has 0 amide bonds. The number of aryl methyl sites for hydroxylation is 1. The molecule has 16 heavy (non-hydrogen) atoms. The lowest BCUT2D eigenvalue weighted by Crippen LogP contribution is -2.14. The van der Waals surface area contributed by atoms with Crippen LogP contribution in [0.5, 0.6) is 0 Å². The topological polar surface area (TPSA) is 58.6 Å². The van der Waals surface area contributed by atoms with Gasteiger partial charge in [0.2, 0.25) is 0 Å². The van der Waals surface area contributed by atoms with Gasteiger partial charge >= 0.3 is 0 Å². The molecule has 0 radical (unpaired) electrons. The highest BCUT2D eigenvalue weighted by molar-refractivity contribution is 7.13. The summed E-state index contributed by atoms with van der Waals surface area (Å²) < 4.78 is 0. The smallest absolute Gasteiger partial charge is 0.167 e. The summed E-state index contributed by atoms with van der Waals surface area (Å²) >= 11 is 1.57. The number of aromatic amines is 1. The molecule has 0 saturated heterocycles. The van der Waals surface area contributed by atoms with E-state index >= 15 is 0 Å². The highest BCUT2D eigenvalue weighted by Crippen LogP contribution is 2.26. The monoisotopic (exact) mass is 233 g/mol. The van der Waals surface area contributed by atoms with E-state index in [1.165, 1.54) is 0 Å². The van der Waals surface area contributed by atoms with Gasteiger partial charge in [-0.05, 0) is 19.3 Å². The zero-order valence-corrected chi connectivity index (χ0v) is 9.46. The Morgan fingerprint density at radius 3 is 3.25 bits per heavy atom. The maximum atomic E-state index is 10.8. The lowest BCUT2D eigenvalue weighted by Gasteiger charge is -2.14. The Bertz CT molecular complexity index is 503. The van der Waals surface area contributed by atoms with Crippen LogP contribution in [0.4, 0.5) is 0 Å². The Labute approximate surface area is 96.8 Å². The Morgan fingerprint density at radius 2 is 2.50 bits per heavy atom. The molecule has 4 nitrogen and oxygen atoms in total. The van der Waals surface area contributed by atoms with E-state index in [1.807, 2.05) is 5.38 Å². The van der Waals surface area contributed by atoms with Crippen molar-refractivity contribution in [2.24, 2.45) is 5.92 Å². The number of rotatable bonds is 2. The second-order valence-electron chi connectivity index (χ2n) is 3.99. The number of hydrogen-bond acceptors (Lipinski definition) is 4. The molecule has 1 atom stereocenters. The van der Waals surface area contributed by atoms with Gasteiger partial charge in [-0.2, -0.15) is 0 Å². The van der Waals surface area contributed by atoms with E-state index in [9.17, 15) is 4.79 Å². The van der Waals surface area contributed by atoms with Gasteiger partial charge in [-0.15, -0.1) is 11.3 Å². The average molecular weight is 233 g/mol. The summed E-state index contributed by atoms with van der Waals surface area (Å²) in [5, 5.41) is 2.85. The van der Waals surface area contributed by atoms with Crippen molar-refractivity contribution in [1.82, 2.24) is 15.0 Å². The molecule has 0 aliphatic heterocycles. The number of carbonyl (C=O) groups excluding carboxylic acids is 1. The van der Waals surface area contributed by atoms with E-state index < -0.39 is 0 Å². The predicted molar refractivity (Wildman–Crippen MR) is 61.3 cm³/mol. The first-order chi connectivity index (χ1) is 7.86. The second kappa shape index (κ2) is 3.83. The number of fused-ring (bicyclic) bond motifs is 1. The van der Waals surface area contributed by atoms with E-state index in [4.69, 9.17) is 0 Å². The molecule has 1 N–H and O–H groups in total. The molecular weight excluding hydrogens is 222 g/mol. The minimum absolute atomic E-state index is 0.150.